The van der Waals surface area contributed by atoms with E-state index in [4.69, 9.17) is 11.6 Å². The molecule has 0 saturated heterocycles. The lowest BCUT2D eigenvalue weighted by Crippen LogP contribution is -2.37. The van der Waals surface area contributed by atoms with E-state index in [0.29, 0.717) is 11.1 Å². The van der Waals surface area contributed by atoms with Crippen LogP contribution in [0, 0.1) is 17.7 Å². The lowest BCUT2D eigenvalue weighted by molar-refractivity contribution is 0.217. The lowest BCUT2D eigenvalue weighted by Gasteiger charge is -2.34. The van der Waals surface area contributed by atoms with Crippen LogP contribution in [0.15, 0.2) is 18.2 Å². The van der Waals surface area contributed by atoms with Crippen LogP contribution < -0.4 is 5.32 Å². The highest BCUT2D eigenvalue weighted by Crippen LogP contribution is 2.31. The van der Waals surface area contributed by atoms with E-state index in [1.807, 2.05) is 0 Å². The zero-order chi connectivity index (χ0) is 14.0. The van der Waals surface area contributed by atoms with E-state index in [2.05, 4.69) is 26.1 Å². The van der Waals surface area contributed by atoms with Gasteiger partial charge in [0.2, 0.25) is 0 Å². The van der Waals surface area contributed by atoms with Gasteiger partial charge >= 0.3 is 0 Å². The SMILES string of the molecule is CC(NC1CCC(C)C(C)C1)c1ccc(F)cc1Cl. The van der Waals surface area contributed by atoms with E-state index in [9.17, 15) is 4.39 Å². The minimum atomic E-state index is -0.277. The number of hydrogen-bond donors (Lipinski definition) is 1. The molecule has 0 bridgehead atoms. The largest absolute Gasteiger partial charge is 0.307 e. The molecule has 0 spiro atoms. The zero-order valence-corrected chi connectivity index (χ0v) is 12.7. The van der Waals surface area contributed by atoms with Gasteiger partial charge in [0.15, 0.2) is 0 Å². The van der Waals surface area contributed by atoms with E-state index in [1.165, 1.54) is 31.4 Å². The van der Waals surface area contributed by atoms with Crippen LogP contribution >= 0.6 is 11.6 Å². The summed E-state index contributed by atoms with van der Waals surface area (Å²) in [7, 11) is 0. The summed E-state index contributed by atoms with van der Waals surface area (Å²) in [6, 6.07) is 5.36. The standard InChI is InChI=1S/C16H23ClFN/c1-10-4-6-14(8-11(10)2)19-12(3)15-7-5-13(18)9-16(15)17/h5,7,9-12,14,19H,4,6,8H2,1-3H3. The minimum absolute atomic E-state index is 0.165. The quantitative estimate of drug-likeness (QED) is 0.827. The van der Waals surface area contributed by atoms with Crippen LogP contribution in [0.25, 0.3) is 0 Å². The first-order chi connectivity index (χ1) is 8.97. The van der Waals surface area contributed by atoms with Crippen LogP contribution in [-0.2, 0) is 0 Å². The molecule has 0 amide bonds. The Hall–Kier alpha value is -0.600. The number of hydrogen-bond acceptors (Lipinski definition) is 1. The van der Waals surface area contributed by atoms with Gasteiger partial charge in [0.05, 0.1) is 0 Å². The molecule has 1 nitrogen and oxygen atoms in total. The number of nitrogens with one attached hydrogen (secondary N) is 1. The van der Waals surface area contributed by atoms with Crippen molar-refractivity contribution in [3.8, 4) is 0 Å². The van der Waals surface area contributed by atoms with Crippen LogP contribution in [0.3, 0.4) is 0 Å². The summed E-state index contributed by atoms with van der Waals surface area (Å²) in [6.45, 7) is 6.76. The molecule has 106 valence electrons. The summed E-state index contributed by atoms with van der Waals surface area (Å²) in [5.41, 5.74) is 0.981. The molecule has 0 radical (unpaired) electrons. The molecule has 1 aromatic rings. The molecule has 1 aliphatic rings. The Balaban J connectivity index is 1.99. The Labute approximate surface area is 120 Å². The highest BCUT2D eigenvalue weighted by molar-refractivity contribution is 6.31. The van der Waals surface area contributed by atoms with Crippen LogP contribution in [0.5, 0.6) is 0 Å². The van der Waals surface area contributed by atoms with Gasteiger partial charge < -0.3 is 5.32 Å². The topological polar surface area (TPSA) is 12.0 Å². The molecule has 1 aliphatic carbocycles. The molecule has 1 aromatic carbocycles. The monoisotopic (exact) mass is 283 g/mol. The van der Waals surface area contributed by atoms with Crippen LogP contribution in [0.2, 0.25) is 5.02 Å². The van der Waals surface area contributed by atoms with Gasteiger partial charge in [-0.2, -0.15) is 0 Å². The van der Waals surface area contributed by atoms with Crippen LogP contribution in [-0.4, -0.2) is 6.04 Å². The second-order valence-corrected chi connectivity index (χ2v) is 6.43. The molecule has 0 heterocycles. The van der Waals surface area contributed by atoms with E-state index >= 15 is 0 Å². The maximum absolute atomic E-state index is 13.1. The van der Waals surface area contributed by atoms with Crippen LogP contribution in [0.4, 0.5) is 4.39 Å². The van der Waals surface area contributed by atoms with E-state index in [1.54, 1.807) is 6.07 Å². The van der Waals surface area contributed by atoms with Crippen molar-refractivity contribution >= 4 is 11.6 Å². The Morgan fingerprint density at radius 2 is 2.00 bits per heavy atom. The number of benzene rings is 1. The first-order valence-corrected chi connectivity index (χ1v) is 7.56. The van der Waals surface area contributed by atoms with Crippen molar-refractivity contribution in [1.29, 1.82) is 0 Å². The van der Waals surface area contributed by atoms with Gasteiger partial charge in [0.25, 0.3) is 0 Å². The molecule has 19 heavy (non-hydrogen) atoms. The van der Waals surface area contributed by atoms with Crippen molar-refractivity contribution in [3.05, 3.63) is 34.6 Å². The highest BCUT2D eigenvalue weighted by atomic mass is 35.5. The third-order valence-corrected chi connectivity index (χ3v) is 4.84. The molecule has 4 unspecified atom stereocenters. The summed E-state index contributed by atoms with van der Waals surface area (Å²) in [6.07, 6.45) is 3.71. The van der Waals surface area contributed by atoms with Gasteiger partial charge in [-0.05, 0) is 55.7 Å². The van der Waals surface area contributed by atoms with Crippen molar-refractivity contribution < 1.29 is 4.39 Å². The fourth-order valence-corrected chi connectivity index (χ4v) is 3.33. The Bertz CT molecular complexity index is 435. The molecule has 3 heteroatoms. The van der Waals surface area contributed by atoms with Gasteiger partial charge in [-0.1, -0.05) is 31.5 Å². The molecule has 1 N–H and O–H groups in total. The Morgan fingerprint density at radius 1 is 1.26 bits per heavy atom. The molecule has 1 saturated carbocycles. The highest BCUT2D eigenvalue weighted by Gasteiger charge is 2.25. The summed E-state index contributed by atoms with van der Waals surface area (Å²) in [5, 5.41) is 4.15. The summed E-state index contributed by atoms with van der Waals surface area (Å²) < 4.78 is 13.1. The normalized spacial score (nSPS) is 29.2. The number of halogens is 2. The van der Waals surface area contributed by atoms with Gasteiger partial charge in [0, 0.05) is 17.1 Å². The minimum Gasteiger partial charge on any atom is -0.307 e. The molecule has 0 aliphatic heterocycles. The van der Waals surface area contributed by atoms with E-state index in [0.717, 1.165) is 17.4 Å². The maximum atomic E-state index is 13.1. The van der Waals surface area contributed by atoms with Gasteiger partial charge in [-0.3, -0.25) is 0 Å². The second kappa shape index (κ2) is 6.23. The predicted molar refractivity (Wildman–Crippen MR) is 78.9 cm³/mol. The van der Waals surface area contributed by atoms with Crippen LogP contribution in [0.1, 0.15) is 51.6 Å². The second-order valence-electron chi connectivity index (χ2n) is 6.02. The third-order valence-electron chi connectivity index (χ3n) is 4.51. The van der Waals surface area contributed by atoms with Crippen molar-refractivity contribution in [2.75, 3.05) is 0 Å². The maximum Gasteiger partial charge on any atom is 0.124 e. The zero-order valence-electron chi connectivity index (χ0n) is 11.9. The molecular formula is C16H23ClFN. The molecule has 4 atom stereocenters. The fraction of sp³-hybridized carbons (Fsp3) is 0.625. The van der Waals surface area contributed by atoms with Crippen molar-refractivity contribution in [2.24, 2.45) is 11.8 Å². The predicted octanol–water partition coefficient (Wildman–Crippen LogP) is 4.95. The first kappa shape index (κ1) is 14.8. The van der Waals surface area contributed by atoms with Gasteiger partial charge in [-0.15, -0.1) is 0 Å². The number of rotatable bonds is 3. The smallest absolute Gasteiger partial charge is 0.124 e. The molecule has 0 aromatic heterocycles. The molecular weight excluding hydrogens is 261 g/mol. The van der Waals surface area contributed by atoms with Crippen molar-refractivity contribution in [2.45, 2.75) is 52.1 Å². The average molecular weight is 284 g/mol. The van der Waals surface area contributed by atoms with E-state index < -0.39 is 0 Å². The summed E-state index contributed by atoms with van der Waals surface area (Å²) in [5.74, 6) is 1.31. The fourth-order valence-electron chi connectivity index (χ4n) is 2.99. The van der Waals surface area contributed by atoms with Gasteiger partial charge in [-0.25, -0.2) is 4.39 Å². The van der Waals surface area contributed by atoms with E-state index in [-0.39, 0.29) is 11.9 Å². The van der Waals surface area contributed by atoms with Crippen molar-refractivity contribution in [1.82, 2.24) is 5.32 Å². The molecule has 2 rings (SSSR count). The summed E-state index contributed by atoms with van der Waals surface area (Å²) in [4.78, 5) is 0. The van der Waals surface area contributed by atoms with Crippen molar-refractivity contribution in [3.63, 3.8) is 0 Å². The van der Waals surface area contributed by atoms with Gasteiger partial charge in [0.1, 0.15) is 5.82 Å². The Morgan fingerprint density at radius 3 is 2.63 bits per heavy atom. The molecule has 1 fully saturated rings. The third kappa shape index (κ3) is 3.70. The lowest BCUT2D eigenvalue weighted by atomic mass is 9.79. The Kier molecular flexibility index (Phi) is 4.86. The first-order valence-electron chi connectivity index (χ1n) is 7.18. The average Bonchev–Trinajstić information content (AvgIpc) is 2.33. The summed E-state index contributed by atoms with van der Waals surface area (Å²) >= 11 is 6.11.